The van der Waals surface area contributed by atoms with Crippen LogP contribution in [0.4, 0.5) is 5.13 Å². The van der Waals surface area contributed by atoms with Crippen LogP contribution in [-0.4, -0.2) is 28.7 Å². The quantitative estimate of drug-likeness (QED) is 0.619. The Bertz CT molecular complexity index is 934. The Balaban J connectivity index is 1.63. The second-order valence-corrected chi connectivity index (χ2v) is 8.26. The minimum Gasteiger partial charge on any atom is -0.494 e. The van der Waals surface area contributed by atoms with Gasteiger partial charge in [-0.25, -0.2) is 9.97 Å². The van der Waals surface area contributed by atoms with Crippen LogP contribution in [0.15, 0.2) is 29.3 Å². The van der Waals surface area contributed by atoms with Crippen LogP contribution in [0.3, 0.4) is 0 Å². The second kappa shape index (κ2) is 8.05. The lowest BCUT2D eigenvalue weighted by molar-refractivity contribution is -0.115. The van der Waals surface area contributed by atoms with Gasteiger partial charge in [0.05, 0.1) is 17.8 Å². The van der Waals surface area contributed by atoms with E-state index in [9.17, 15) is 4.79 Å². The number of ether oxygens (including phenoxy) is 1. The molecule has 0 saturated heterocycles. The third-order valence-corrected chi connectivity index (χ3v) is 5.96. The lowest BCUT2D eigenvalue weighted by Gasteiger charge is -2.09. The van der Waals surface area contributed by atoms with E-state index in [0.717, 1.165) is 37.8 Å². The van der Waals surface area contributed by atoms with Crippen molar-refractivity contribution in [2.75, 3.05) is 18.2 Å². The highest BCUT2D eigenvalue weighted by Gasteiger charge is 2.10. The molecule has 0 radical (unpaired) electrons. The SMILES string of the molecule is COc1cccc2c(C)cc(SCCC(=O)Nc3nc(C)c(C)s3)nc12. The van der Waals surface area contributed by atoms with Crippen LogP contribution in [0.5, 0.6) is 5.75 Å². The molecular weight excluding hydrogens is 366 g/mol. The zero-order chi connectivity index (χ0) is 18.7. The standard InChI is InChI=1S/C19H21N3O2S2/c1-11-10-17(22-18-14(11)6-5-7-15(18)24-4)25-9-8-16(23)21-19-20-12(2)13(3)26-19/h5-7,10H,8-9H2,1-4H3,(H,20,21,23). The normalized spacial score (nSPS) is 10.9. The predicted octanol–water partition coefficient (Wildman–Crippen LogP) is 4.75. The summed E-state index contributed by atoms with van der Waals surface area (Å²) in [4.78, 5) is 22.3. The summed E-state index contributed by atoms with van der Waals surface area (Å²) in [5, 5.41) is 5.51. The summed E-state index contributed by atoms with van der Waals surface area (Å²) in [5.41, 5.74) is 2.97. The van der Waals surface area contributed by atoms with Gasteiger partial charge >= 0.3 is 0 Å². The predicted molar refractivity (Wildman–Crippen MR) is 109 cm³/mol. The van der Waals surface area contributed by atoms with E-state index in [1.54, 1.807) is 18.9 Å². The van der Waals surface area contributed by atoms with Gasteiger partial charge in [-0.3, -0.25) is 4.79 Å². The van der Waals surface area contributed by atoms with Crippen LogP contribution in [-0.2, 0) is 4.79 Å². The number of methoxy groups -OCH3 is 1. The van der Waals surface area contributed by atoms with Crippen molar-refractivity contribution in [3.05, 3.63) is 40.4 Å². The van der Waals surface area contributed by atoms with E-state index < -0.39 is 0 Å². The first-order valence-corrected chi connectivity index (χ1v) is 10.1. The molecule has 0 fully saturated rings. The minimum absolute atomic E-state index is 0.0265. The smallest absolute Gasteiger partial charge is 0.226 e. The maximum atomic E-state index is 12.1. The second-order valence-electron chi connectivity index (χ2n) is 5.94. The molecule has 3 rings (SSSR count). The summed E-state index contributed by atoms with van der Waals surface area (Å²) >= 11 is 3.08. The number of carbonyl (C=O) groups is 1. The molecule has 1 amide bonds. The maximum Gasteiger partial charge on any atom is 0.226 e. The fourth-order valence-corrected chi connectivity index (χ4v) is 4.30. The molecule has 0 aliphatic rings. The van der Waals surface area contributed by atoms with Crippen molar-refractivity contribution in [3.8, 4) is 5.75 Å². The van der Waals surface area contributed by atoms with Crippen molar-refractivity contribution in [2.45, 2.75) is 32.2 Å². The first-order valence-electron chi connectivity index (χ1n) is 8.29. The number of thioether (sulfide) groups is 1. The molecule has 1 aromatic carbocycles. The molecule has 0 aliphatic heterocycles. The van der Waals surface area contributed by atoms with Gasteiger partial charge in [0.1, 0.15) is 11.3 Å². The minimum atomic E-state index is -0.0265. The fraction of sp³-hybridized carbons (Fsp3) is 0.316. The summed E-state index contributed by atoms with van der Waals surface area (Å²) in [6.07, 6.45) is 0.410. The summed E-state index contributed by atoms with van der Waals surface area (Å²) in [6.45, 7) is 6.01. The van der Waals surface area contributed by atoms with E-state index in [2.05, 4.69) is 23.3 Å². The monoisotopic (exact) mass is 387 g/mol. The van der Waals surface area contributed by atoms with E-state index in [1.165, 1.54) is 11.3 Å². The molecular formula is C19H21N3O2S2. The van der Waals surface area contributed by atoms with Gasteiger partial charge in [-0.15, -0.1) is 23.1 Å². The average Bonchev–Trinajstić information content (AvgIpc) is 2.91. The highest BCUT2D eigenvalue weighted by Crippen LogP contribution is 2.30. The number of rotatable bonds is 6. The number of anilines is 1. The number of amides is 1. The topological polar surface area (TPSA) is 64.1 Å². The lowest BCUT2D eigenvalue weighted by atomic mass is 10.1. The van der Waals surface area contributed by atoms with Crippen molar-refractivity contribution in [1.82, 2.24) is 9.97 Å². The number of thiazole rings is 1. The Labute approximate surface area is 161 Å². The number of hydrogen-bond acceptors (Lipinski definition) is 6. The van der Waals surface area contributed by atoms with Crippen molar-refractivity contribution in [2.24, 2.45) is 0 Å². The molecule has 0 atom stereocenters. The third kappa shape index (κ3) is 4.16. The van der Waals surface area contributed by atoms with Crippen LogP contribution in [0.25, 0.3) is 10.9 Å². The Morgan fingerprint density at radius 2 is 2.08 bits per heavy atom. The molecule has 0 bridgehead atoms. The zero-order valence-corrected chi connectivity index (χ0v) is 16.9. The van der Waals surface area contributed by atoms with Crippen LogP contribution in [0, 0.1) is 20.8 Å². The third-order valence-electron chi connectivity index (χ3n) is 4.06. The van der Waals surface area contributed by atoms with Crippen molar-refractivity contribution >= 4 is 45.0 Å². The summed E-state index contributed by atoms with van der Waals surface area (Å²) < 4.78 is 5.42. The number of pyridine rings is 1. The van der Waals surface area contributed by atoms with Gasteiger partial charge in [-0.2, -0.15) is 0 Å². The van der Waals surface area contributed by atoms with Crippen molar-refractivity contribution < 1.29 is 9.53 Å². The number of benzene rings is 1. The molecule has 0 unspecified atom stereocenters. The van der Waals surface area contributed by atoms with Crippen molar-refractivity contribution in [1.29, 1.82) is 0 Å². The van der Waals surface area contributed by atoms with Crippen LogP contribution in [0.1, 0.15) is 22.6 Å². The first kappa shape index (κ1) is 18.7. The molecule has 26 heavy (non-hydrogen) atoms. The van der Waals surface area contributed by atoms with E-state index in [4.69, 9.17) is 9.72 Å². The van der Waals surface area contributed by atoms with E-state index >= 15 is 0 Å². The van der Waals surface area contributed by atoms with Gasteiger partial charge in [0.2, 0.25) is 5.91 Å². The van der Waals surface area contributed by atoms with E-state index in [0.29, 0.717) is 17.3 Å². The number of aromatic nitrogens is 2. The number of nitrogens with zero attached hydrogens (tertiary/aromatic N) is 2. The average molecular weight is 388 g/mol. The van der Waals surface area contributed by atoms with Gasteiger partial charge in [0, 0.05) is 22.4 Å². The molecule has 136 valence electrons. The van der Waals surface area contributed by atoms with Gasteiger partial charge in [0.25, 0.3) is 0 Å². The number of hydrogen-bond donors (Lipinski definition) is 1. The number of aryl methyl sites for hydroxylation is 3. The van der Waals surface area contributed by atoms with E-state index in [1.807, 2.05) is 32.0 Å². The summed E-state index contributed by atoms with van der Waals surface area (Å²) in [5.74, 6) is 1.39. The molecule has 7 heteroatoms. The number of para-hydroxylation sites is 1. The van der Waals surface area contributed by atoms with Crippen LogP contribution >= 0.6 is 23.1 Å². The van der Waals surface area contributed by atoms with Gasteiger partial charge in [0.15, 0.2) is 5.13 Å². The Hall–Kier alpha value is -2.12. The summed E-state index contributed by atoms with van der Waals surface area (Å²) in [6, 6.07) is 7.97. The molecule has 5 nitrogen and oxygen atoms in total. The number of fused-ring (bicyclic) bond motifs is 1. The molecule has 2 heterocycles. The van der Waals surface area contributed by atoms with E-state index in [-0.39, 0.29) is 5.91 Å². The number of carbonyl (C=O) groups excluding carboxylic acids is 1. The van der Waals surface area contributed by atoms with Crippen LogP contribution < -0.4 is 10.1 Å². The molecule has 0 aliphatic carbocycles. The summed E-state index contributed by atoms with van der Waals surface area (Å²) in [7, 11) is 1.65. The fourth-order valence-electron chi connectivity index (χ4n) is 2.56. The number of nitrogens with one attached hydrogen (secondary N) is 1. The van der Waals surface area contributed by atoms with Gasteiger partial charge in [-0.05, 0) is 38.5 Å². The Morgan fingerprint density at radius 3 is 2.77 bits per heavy atom. The Morgan fingerprint density at radius 1 is 1.27 bits per heavy atom. The Kier molecular flexibility index (Phi) is 5.78. The highest BCUT2D eigenvalue weighted by molar-refractivity contribution is 7.99. The maximum absolute atomic E-state index is 12.1. The molecule has 0 spiro atoms. The molecule has 0 saturated carbocycles. The van der Waals surface area contributed by atoms with Crippen LogP contribution in [0.2, 0.25) is 0 Å². The van der Waals surface area contributed by atoms with Gasteiger partial charge in [-0.1, -0.05) is 12.1 Å². The lowest BCUT2D eigenvalue weighted by Crippen LogP contribution is -2.12. The van der Waals surface area contributed by atoms with Gasteiger partial charge < -0.3 is 10.1 Å². The van der Waals surface area contributed by atoms with Crippen molar-refractivity contribution in [3.63, 3.8) is 0 Å². The largest absolute Gasteiger partial charge is 0.494 e. The molecule has 1 N–H and O–H groups in total. The molecule has 3 aromatic rings. The zero-order valence-electron chi connectivity index (χ0n) is 15.3. The first-order chi connectivity index (χ1) is 12.5. The highest BCUT2D eigenvalue weighted by atomic mass is 32.2. The molecule has 2 aromatic heterocycles.